The molecule has 2 nitrogen and oxygen atoms in total. The van der Waals surface area contributed by atoms with Gasteiger partial charge in [-0.2, -0.15) is 0 Å². The Morgan fingerprint density at radius 3 is 2.42 bits per heavy atom. The molecule has 1 saturated carbocycles. The molecule has 0 saturated heterocycles. The average molecular weight is 211 g/mol. The van der Waals surface area contributed by atoms with Gasteiger partial charge < -0.3 is 0 Å². The summed E-state index contributed by atoms with van der Waals surface area (Å²) in [5, 5.41) is 0. The minimum atomic E-state index is -3.28. The van der Waals surface area contributed by atoms with Crippen LogP contribution in [0.25, 0.3) is 0 Å². The first kappa shape index (κ1) is 10.3. The Balaban J connectivity index is 2.50. The highest BCUT2D eigenvalue weighted by Gasteiger charge is 2.25. The molecule has 1 rings (SSSR count). The van der Waals surface area contributed by atoms with Crippen LogP contribution < -0.4 is 0 Å². The van der Waals surface area contributed by atoms with Crippen LogP contribution in [-0.4, -0.2) is 14.2 Å². The zero-order valence-electron chi connectivity index (χ0n) is 7.29. The normalized spacial score (nSPS) is 31.8. The van der Waals surface area contributed by atoms with Crippen LogP contribution in [0, 0.1) is 11.8 Å². The lowest BCUT2D eigenvalue weighted by Gasteiger charge is -2.27. The summed E-state index contributed by atoms with van der Waals surface area (Å²) in [6.07, 6.45) is 4.56. The van der Waals surface area contributed by atoms with Gasteiger partial charge in [0.2, 0.25) is 9.05 Å². The smallest absolute Gasteiger partial charge is 0.212 e. The van der Waals surface area contributed by atoms with E-state index >= 15 is 0 Å². The minimum absolute atomic E-state index is 0.162. The van der Waals surface area contributed by atoms with Gasteiger partial charge >= 0.3 is 0 Å². The standard InChI is InChI=1S/C8H15ClO2S/c1-7-4-2-3-5-8(7)6-12(9,10)11/h7-8H,2-6H2,1H3. The van der Waals surface area contributed by atoms with Crippen molar-refractivity contribution < 1.29 is 8.42 Å². The van der Waals surface area contributed by atoms with Crippen molar-refractivity contribution in [2.45, 2.75) is 32.6 Å². The summed E-state index contributed by atoms with van der Waals surface area (Å²) in [5.74, 6) is 0.976. The van der Waals surface area contributed by atoms with Crippen molar-refractivity contribution in [1.82, 2.24) is 0 Å². The number of hydrogen-bond acceptors (Lipinski definition) is 2. The van der Waals surface area contributed by atoms with E-state index in [9.17, 15) is 8.42 Å². The Morgan fingerprint density at radius 1 is 1.33 bits per heavy atom. The van der Waals surface area contributed by atoms with E-state index in [2.05, 4.69) is 6.92 Å². The van der Waals surface area contributed by atoms with Crippen molar-refractivity contribution in [3.05, 3.63) is 0 Å². The highest BCUT2D eigenvalue weighted by Crippen LogP contribution is 2.30. The van der Waals surface area contributed by atoms with Crippen molar-refractivity contribution in [3.63, 3.8) is 0 Å². The summed E-state index contributed by atoms with van der Waals surface area (Å²) < 4.78 is 21.6. The molecule has 0 aromatic heterocycles. The first-order chi connectivity index (χ1) is 5.49. The molecule has 0 amide bonds. The first-order valence-electron chi connectivity index (χ1n) is 4.41. The molecule has 0 heterocycles. The van der Waals surface area contributed by atoms with Gasteiger partial charge in [0.1, 0.15) is 0 Å². The Morgan fingerprint density at radius 2 is 1.92 bits per heavy atom. The Labute approximate surface area is 78.7 Å². The van der Waals surface area contributed by atoms with E-state index in [1.54, 1.807) is 0 Å². The number of rotatable bonds is 2. The minimum Gasteiger partial charge on any atom is -0.212 e. The third kappa shape index (κ3) is 3.31. The van der Waals surface area contributed by atoms with Crippen LogP contribution in [0.5, 0.6) is 0 Å². The molecule has 0 aliphatic heterocycles. The van der Waals surface area contributed by atoms with Gasteiger partial charge in [-0.3, -0.25) is 0 Å². The van der Waals surface area contributed by atoms with Crippen LogP contribution in [0.15, 0.2) is 0 Å². The van der Waals surface area contributed by atoms with Crippen LogP contribution >= 0.6 is 10.7 Å². The van der Waals surface area contributed by atoms with Gasteiger partial charge in [0.25, 0.3) is 0 Å². The van der Waals surface area contributed by atoms with Gasteiger partial charge in [-0.05, 0) is 18.3 Å². The van der Waals surface area contributed by atoms with Gasteiger partial charge in [0, 0.05) is 10.7 Å². The monoisotopic (exact) mass is 210 g/mol. The Hall–Kier alpha value is 0.240. The summed E-state index contributed by atoms with van der Waals surface area (Å²) in [6, 6.07) is 0. The fourth-order valence-electron chi connectivity index (χ4n) is 1.90. The maximum atomic E-state index is 10.8. The quantitative estimate of drug-likeness (QED) is 0.656. The average Bonchev–Trinajstić information content (AvgIpc) is 1.91. The van der Waals surface area contributed by atoms with Crippen molar-refractivity contribution >= 4 is 19.7 Å². The van der Waals surface area contributed by atoms with Gasteiger partial charge in [-0.15, -0.1) is 0 Å². The second kappa shape index (κ2) is 3.97. The molecule has 1 aliphatic rings. The predicted octanol–water partition coefficient (Wildman–Crippen LogP) is 2.38. The highest BCUT2D eigenvalue weighted by molar-refractivity contribution is 8.13. The van der Waals surface area contributed by atoms with Crippen molar-refractivity contribution in [2.24, 2.45) is 11.8 Å². The molecule has 2 atom stereocenters. The van der Waals surface area contributed by atoms with Crippen LogP contribution in [0.1, 0.15) is 32.6 Å². The third-order valence-corrected chi connectivity index (χ3v) is 3.91. The molecule has 72 valence electrons. The maximum absolute atomic E-state index is 10.8. The molecule has 0 radical (unpaired) electrons. The molecular weight excluding hydrogens is 196 g/mol. The van der Waals surface area contributed by atoms with Gasteiger partial charge in [0.05, 0.1) is 5.75 Å². The molecule has 0 aromatic carbocycles. The summed E-state index contributed by atoms with van der Waals surface area (Å²) in [6.45, 7) is 2.12. The lowest BCUT2D eigenvalue weighted by Crippen LogP contribution is -2.22. The predicted molar refractivity (Wildman–Crippen MR) is 50.8 cm³/mol. The summed E-state index contributed by atoms with van der Waals surface area (Å²) in [5.41, 5.74) is 0. The van der Waals surface area contributed by atoms with Crippen molar-refractivity contribution in [3.8, 4) is 0 Å². The molecule has 1 aliphatic carbocycles. The van der Waals surface area contributed by atoms with E-state index in [4.69, 9.17) is 10.7 Å². The van der Waals surface area contributed by atoms with Crippen molar-refractivity contribution in [2.75, 3.05) is 5.75 Å². The topological polar surface area (TPSA) is 34.1 Å². The van der Waals surface area contributed by atoms with Crippen LogP contribution in [0.3, 0.4) is 0 Å². The lowest BCUT2D eigenvalue weighted by molar-refractivity contribution is 0.279. The maximum Gasteiger partial charge on any atom is 0.232 e. The van der Waals surface area contributed by atoms with E-state index in [0.29, 0.717) is 11.8 Å². The molecule has 4 heteroatoms. The van der Waals surface area contributed by atoms with E-state index < -0.39 is 9.05 Å². The van der Waals surface area contributed by atoms with E-state index in [1.165, 1.54) is 6.42 Å². The summed E-state index contributed by atoms with van der Waals surface area (Å²) in [4.78, 5) is 0. The number of hydrogen-bond donors (Lipinski definition) is 0. The second-order valence-corrected chi connectivity index (χ2v) is 6.55. The zero-order chi connectivity index (χ0) is 9.19. The zero-order valence-corrected chi connectivity index (χ0v) is 8.87. The molecule has 0 aromatic rings. The van der Waals surface area contributed by atoms with E-state index in [0.717, 1.165) is 19.3 Å². The lowest BCUT2D eigenvalue weighted by atomic mass is 9.82. The molecule has 0 bridgehead atoms. The molecule has 2 unspecified atom stereocenters. The first-order valence-corrected chi connectivity index (χ1v) is 6.89. The van der Waals surface area contributed by atoms with Crippen LogP contribution in [-0.2, 0) is 9.05 Å². The summed E-state index contributed by atoms with van der Waals surface area (Å²) >= 11 is 0. The fourth-order valence-corrected chi connectivity index (χ4v) is 3.39. The van der Waals surface area contributed by atoms with Crippen LogP contribution in [0.4, 0.5) is 0 Å². The molecule has 0 N–H and O–H groups in total. The van der Waals surface area contributed by atoms with E-state index in [-0.39, 0.29) is 5.75 Å². The highest BCUT2D eigenvalue weighted by atomic mass is 35.7. The fraction of sp³-hybridized carbons (Fsp3) is 1.00. The van der Waals surface area contributed by atoms with Gasteiger partial charge in [-0.1, -0.05) is 26.2 Å². The second-order valence-electron chi connectivity index (χ2n) is 3.73. The Kier molecular flexibility index (Phi) is 3.41. The summed E-state index contributed by atoms with van der Waals surface area (Å²) in [7, 11) is 1.92. The molecule has 0 spiro atoms. The molecule has 12 heavy (non-hydrogen) atoms. The molecular formula is C8H15ClO2S. The van der Waals surface area contributed by atoms with Crippen LogP contribution in [0.2, 0.25) is 0 Å². The SMILES string of the molecule is CC1CCCCC1CS(=O)(=O)Cl. The molecule has 1 fully saturated rings. The Bertz CT molecular complexity index is 235. The van der Waals surface area contributed by atoms with E-state index in [1.807, 2.05) is 0 Å². The van der Waals surface area contributed by atoms with Crippen molar-refractivity contribution in [1.29, 1.82) is 0 Å². The number of halogens is 1. The largest absolute Gasteiger partial charge is 0.232 e. The van der Waals surface area contributed by atoms with Gasteiger partial charge in [-0.25, -0.2) is 8.42 Å². The third-order valence-electron chi connectivity index (χ3n) is 2.70. The van der Waals surface area contributed by atoms with Gasteiger partial charge in [0.15, 0.2) is 0 Å².